The Kier molecular flexibility index (Phi) is 13.0. The largest absolute Gasteiger partial charge is 0.458 e. The van der Waals surface area contributed by atoms with Crippen LogP contribution in [-0.2, 0) is 21.7 Å². The first-order chi connectivity index (χ1) is 37.1. The van der Waals surface area contributed by atoms with E-state index in [0.717, 1.165) is 28.3 Å². The van der Waals surface area contributed by atoms with Crippen LogP contribution in [0.15, 0.2) is 158 Å². The molecule has 3 heteroatoms. The number of para-hydroxylation sites is 1. The standard InChI is InChI=1S/C76H80BNO/c1-45-31-47(3)69(48(4)32-45)61-25-22-26-62(70-49(5)33-46(2)34-50(70)6)72(61)78-65-29-27-52(54-35-57(73(7,8)9)43-58(36-54)74(10,11)12)39-63(65)77-64-40-53(55-37-59(75(13,14)15)44-60(38-55)76(16,17)18)28-30-67(64)79-68-42-56(41-66(78)71(68)77)51-23-20-19-21-24-51/h19-44H,1-18H3. The third kappa shape index (κ3) is 9.76. The quantitative estimate of drug-likeness (QED) is 0.154. The van der Waals surface area contributed by atoms with Gasteiger partial charge in [-0.25, -0.2) is 0 Å². The van der Waals surface area contributed by atoms with Crippen molar-refractivity contribution < 1.29 is 4.74 Å². The number of nitrogens with zero attached hydrogens (tertiary/aromatic N) is 1. The Balaban J connectivity index is 1.29. The van der Waals surface area contributed by atoms with E-state index in [1.807, 2.05) is 0 Å². The second kappa shape index (κ2) is 19.2. The van der Waals surface area contributed by atoms with Gasteiger partial charge in [0.1, 0.15) is 11.5 Å². The fourth-order valence-electron chi connectivity index (χ4n) is 12.9. The number of ether oxygens (including phenoxy) is 1. The van der Waals surface area contributed by atoms with Gasteiger partial charge < -0.3 is 9.64 Å². The first-order valence-electron chi connectivity index (χ1n) is 28.8. The van der Waals surface area contributed by atoms with Crippen molar-refractivity contribution in [2.24, 2.45) is 0 Å². The van der Waals surface area contributed by atoms with Gasteiger partial charge in [0, 0.05) is 22.5 Å². The van der Waals surface area contributed by atoms with E-state index in [0.29, 0.717) is 0 Å². The van der Waals surface area contributed by atoms with E-state index in [1.165, 1.54) is 128 Å². The maximum atomic E-state index is 7.46. The normalized spacial score (nSPS) is 13.2. The highest BCUT2D eigenvalue weighted by molar-refractivity contribution is 6.99. The summed E-state index contributed by atoms with van der Waals surface area (Å²) in [5.41, 5.74) is 32.0. The minimum atomic E-state index is -0.160. The number of anilines is 3. The van der Waals surface area contributed by atoms with Crippen LogP contribution in [0.25, 0.3) is 55.6 Å². The molecule has 2 aliphatic rings. The van der Waals surface area contributed by atoms with Gasteiger partial charge in [-0.3, -0.25) is 0 Å². The molecule has 0 aromatic heterocycles. The predicted octanol–water partition coefficient (Wildman–Crippen LogP) is 19.5. The van der Waals surface area contributed by atoms with Crippen LogP contribution in [0.2, 0.25) is 0 Å². The van der Waals surface area contributed by atoms with Gasteiger partial charge >= 0.3 is 0 Å². The van der Waals surface area contributed by atoms with Crippen LogP contribution < -0.4 is 26.0 Å². The summed E-state index contributed by atoms with van der Waals surface area (Å²) in [6, 6.07) is 61.1. The number of fused-ring (bicyclic) bond motifs is 4. The molecule has 0 atom stereocenters. The molecule has 0 spiro atoms. The van der Waals surface area contributed by atoms with Crippen molar-refractivity contribution in [1.29, 1.82) is 0 Å². The molecule has 2 nitrogen and oxygen atoms in total. The number of hydrogen-bond donors (Lipinski definition) is 0. The Hall–Kier alpha value is -7.36. The zero-order valence-corrected chi connectivity index (χ0v) is 50.4. The SMILES string of the molecule is Cc1cc(C)c(-c2cccc(-c3c(C)cc(C)cc3C)c2N2c3ccc(-c4cc(C(C)(C)C)cc(C(C)(C)C)c4)cc3B3c4cc(-c5cc(C(C)(C)C)cc(C(C)(C)C)c5)ccc4Oc4cc(-c5ccccc5)cc2c43)c(C)c1. The van der Waals surface area contributed by atoms with Crippen LogP contribution in [-0.4, -0.2) is 6.71 Å². The van der Waals surface area contributed by atoms with E-state index in [-0.39, 0.29) is 28.4 Å². The molecule has 0 saturated carbocycles. The Morgan fingerprint density at radius 3 is 1.23 bits per heavy atom. The molecule has 0 fully saturated rings. The second-order valence-electron chi connectivity index (χ2n) is 27.5. The topological polar surface area (TPSA) is 12.5 Å². The van der Waals surface area contributed by atoms with Gasteiger partial charge in [-0.15, -0.1) is 0 Å². The van der Waals surface area contributed by atoms with Crippen LogP contribution in [0.4, 0.5) is 17.1 Å². The van der Waals surface area contributed by atoms with Crippen LogP contribution in [0.5, 0.6) is 11.5 Å². The summed E-state index contributed by atoms with van der Waals surface area (Å²) >= 11 is 0. The molecule has 0 N–H and O–H groups in total. The third-order valence-corrected chi connectivity index (χ3v) is 17.0. The first-order valence-corrected chi connectivity index (χ1v) is 28.8. The van der Waals surface area contributed by atoms with E-state index in [4.69, 9.17) is 4.74 Å². The average Bonchev–Trinajstić information content (AvgIpc) is 3.21. The molecule has 2 aliphatic heterocycles. The number of benzene rings is 9. The van der Waals surface area contributed by atoms with Crippen LogP contribution >= 0.6 is 0 Å². The molecule has 0 unspecified atom stereocenters. The lowest BCUT2D eigenvalue weighted by Crippen LogP contribution is -2.59. The monoisotopic (exact) mass is 1030 g/mol. The summed E-state index contributed by atoms with van der Waals surface area (Å²) in [7, 11) is 0. The van der Waals surface area contributed by atoms with Gasteiger partial charge in [0.25, 0.3) is 6.71 Å². The molecule has 9 aromatic carbocycles. The Morgan fingerprint density at radius 1 is 0.342 bits per heavy atom. The molecule has 0 bridgehead atoms. The zero-order chi connectivity index (χ0) is 56.4. The highest BCUT2D eigenvalue weighted by Crippen LogP contribution is 2.52. The summed E-state index contributed by atoms with van der Waals surface area (Å²) in [6.07, 6.45) is 0. The van der Waals surface area contributed by atoms with Crippen molar-refractivity contribution in [2.45, 2.75) is 146 Å². The molecule has 0 saturated heterocycles. The molecule has 398 valence electrons. The number of hydrogen-bond acceptors (Lipinski definition) is 2. The molecule has 9 aromatic rings. The minimum Gasteiger partial charge on any atom is -0.458 e. The van der Waals surface area contributed by atoms with Crippen molar-refractivity contribution in [2.75, 3.05) is 4.90 Å². The molecule has 0 aliphatic carbocycles. The van der Waals surface area contributed by atoms with Gasteiger partial charge in [-0.2, -0.15) is 0 Å². The molecule has 0 radical (unpaired) electrons. The van der Waals surface area contributed by atoms with E-state index in [1.54, 1.807) is 0 Å². The molecule has 11 rings (SSSR count). The van der Waals surface area contributed by atoms with Gasteiger partial charge in [-0.05, 0) is 193 Å². The van der Waals surface area contributed by atoms with Crippen LogP contribution in [0.3, 0.4) is 0 Å². The Morgan fingerprint density at radius 2 is 0.772 bits per heavy atom. The molecular formula is C76H80BNO. The van der Waals surface area contributed by atoms with Gasteiger partial charge in [0.05, 0.1) is 5.69 Å². The molecular weight excluding hydrogens is 954 g/mol. The first kappa shape index (κ1) is 53.6. The molecule has 2 heterocycles. The van der Waals surface area contributed by atoms with Crippen LogP contribution in [0.1, 0.15) is 139 Å². The summed E-state index contributed by atoms with van der Waals surface area (Å²) in [5.74, 6) is 1.79. The van der Waals surface area contributed by atoms with Crippen molar-refractivity contribution in [1.82, 2.24) is 0 Å². The third-order valence-electron chi connectivity index (χ3n) is 17.0. The van der Waals surface area contributed by atoms with Crippen molar-refractivity contribution in [3.63, 3.8) is 0 Å². The second-order valence-corrected chi connectivity index (χ2v) is 27.5. The Bertz CT molecular complexity index is 3730. The predicted molar refractivity (Wildman–Crippen MR) is 343 cm³/mol. The van der Waals surface area contributed by atoms with Crippen molar-refractivity contribution in [3.8, 4) is 67.1 Å². The number of aryl methyl sites for hydroxylation is 6. The van der Waals surface area contributed by atoms with Gasteiger partial charge in [0.15, 0.2) is 0 Å². The van der Waals surface area contributed by atoms with Crippen molar-refractivity contribution in [3.05, 3.63) is 213 Å². The highest BCUT2D eigenvalue weighted by atomic mass is 16.5. The lowest BCUT2D eigenvalue weighted by atomic mass is 9.34. The highest BCUT2D eigenvalue weighted by Gasteiger charge is 2.44. The molecule has 0 amide bonds. The zero-order valence-electron chi connectivity index (χ0n) is 50.4. The van der Waals surface area contributed by atoms with E-state index < -0.39 is 0 Å². The maximum absolute atomic E-state index is 7.46. The Labute approximate surface area is 474 Å². The van der Waals surface area contributed by atoms with Gasteiger partial charge in [-0.1, -0.05) is 228 Å². The summed E-state index contributed by atoms with van der Waals surface area (Å²) < 4.78 is 7.46. The summed E-state index contributed by atoms with van der Waals surface area (Å²) in [6.45, 7) is 41.5. The fraction of sp³-hybridized carbons (Fsp3) is 0.289. The summed E-state index contributed by atoms with van der Waals surface area (Å²) in [4.78, 5) is 2.65. The summed E-state index contributed by atoms with van der Waals surface area (Å²) in [5, 5.41) is 0. The van der Waals surface area contributed by atoms with E-state index >= 15 is 0 Å². The van der Waals surface area contributed by atoms with Gasteiger partial charge in [0.2, 0.25) is 0 Å². The van der Waals surface area contributed by atoms with E-state index in [9.17, 15) is 0 Å². The smallest absolute Gasteiger partial charge is 0.256 e. The fourth-order valence-corrected chi connectivity index (χ4v) is 12.9. The van der Waals surface area contributed by atoms with Crippen LogP contribution in [0, 0.1) is 41.5 Å². The minimum absolute atomic E-state index is 0.0303. The maximum Gasteiger partial charge on any atom is 0.256 e. The van der Waals surface area contributed by atoms with Crippen molar-refractivity contribution >= 4 is 40.2 Å². The lowest BCUT2D eigenvalue weighted by Gasteiger charge is -2.42. The number of rotatable bonds is 6. The lowest BCUT2D eigenvalue weighted by molar-refractivity contribution is 0.488. The average molecular weight is 1030 g/mol. The van der Waals surface area contributed by atoms with E-state index in [2.05, 4.69) is 287 Å². The molecule has 79 heavy (non-hydrogen) atoms.